The van der Waals surface area contributed by atoms with Gasteiger partial charge in [-0.1, -0.05) is 0 Å². The summed E-state index contributed by atoms with van der Waals surface area (Å²) in [5.74, 6) is 0. The molecule has 1 aliphatic rings. The maximum absolute atomic E-state index is 11.7. The lowest BCUT2D eigenvalue weighted by atomic mass is 10.1. The number of amides is 2. The third-order valence-corrected chi connectivity index (χ3v) is 3.37. The van der Waals surface area contributed by atoms with Crippen molar-refractivity contribution in [3.63, 3.8) is 0 Å². The maximum atomic E-state index is 11.7. The molecule has 1 aliphatic heterocycles. The van der Waals surface area contributed by atoms with Crippen LogP contribution in [0.2, 0.25) is 0 Å². The van der Waals surface area contributed by atoms with Crippen molar-refractivity contribution in [2.45, 2.75) is 38.7 Å². The van der Waals surface area contributed by atoms with Crippen LogP contribution in [0.1, 0.15) is 31.2 Å². The number of nitrogens with one attached hydrogen (secondary N) is 3. The summed E-state index contributed by atoms with van der Waals surface area (Å²) in [4.78, 5) is 25.5. The number of H-pyrrole nitrogens is 1. The Balaban J connectivity index is 1.71. The first-order valence-corrected chi connectivity index (χ1v) is 7.01. The zero-order valence-corrected chi connectivity index (χ0v) is 11.7. The highest BCUT2D eigenvalue weighted by atomic mass is 16.5. The topological polar surface area (TPSA) is 83.2 Å². The fourth-order valence-corrected chi connectivity index (χ4v) is 2.23. The van der Waals surface area contributed by atoms with E-state index in [0.29, 0.717) is 17.8 Å². The van der Waals surface area contributed by atoms with E-state index in [1.165, 1.54) is 12.6 Å². The van der Waals surface area contributed by atoms with Gasteiger partial charge in [-0.3, -0.25) is 4.79 Å². The van der Waals surface area contributed by atoms with Crippen LogP contribution >= 0.6 is 0 Å². The fourth-order valence-electron chi connectivity index (χ4n) is 2.23. The standard InChI is InChI=1S/C14H21N3O3/c1-10-8-11(9-16-13(10)18)17-14(19)15-6-5-12-4-2-3-7-20-12/h8-9,12H,2-7H2,1H3,(H,16,18)(H2,15,17,19). The van der Waals surface area contributed by atoms with Gasteiger partial charge in [-0.2, -0.15) is 0 Å². The summed E-state index contributed by atoms with van der Waals surface area (Å²) < 4.78 is 5.60. The predicted molar refractivity (Wildman–Crippen MR) is 77.0 cm³/mol. The molecular weight excluding hydrogens is 258 g/mol. The minimum atomic E-state index is -0.271. The highest BCUT2D eigenvalue weighted by molar-refractivity contribution is 5.89. The molecule has 2 rings (SSSR count). The molecule has 1 fully saturated rings. The molecular formula is C14H21N3O3. The number of carbonyl (C=O) groups is 1. The van der Waals surface area contributed by atoms with E-state index in [1.807, 2.05) is 0 Å². The fraction of sp³-hybridized carbons (Fsp3) is 0.571. The Hall–Kier alpha value is -1.82. The molecule has 1 aromatic heterocycles. The van der Waals surface area contributed by atoms with Crippen molar-refractivity contribution in [2.24, 2.45) is 0 Å². The highest BCUT2D eigenvalue weighted by Gasteiger charge is 2.13. The minimum absolute atomic E-state index is 0.148. The smallest absolute Gasteiger partial charge is 0.319 e. The van der Waals surface area contributed by atoms with Gasteiger partial charge in [0, 0.05) is 24.9 Å². The van der Waals surface area contributed by atoms with Crippen LogP contribution in [0.3, 0.4) is 0 Å². The summed E-state index contributed by atoms with van der Waals surface area (Å²) in [6.45, 7) is 3.11. The molecule has 6 nitrogen and oxygen atoms in total. The molecule has 20 heavy (non-hydrogen) atoms. The number of hydrogen-bond donors (Lipinski definition) is 3. The van der Waals surface area contributed by atoms with E-state index in [2.05, 4.69) is 15.6 Å². The van der Waals surface area contributed by atoms with Crippen molar-refractivity contribution in [2.75, 3.05) is 18.5 Å². The number of rotatable bonds is 4. The maximum Gasteiger partial charge on any atom is 0.319 e. The van der Waals surface area contributed by atoms with Crippen molar-refractivity contribution in [3.8, 4) is 0 Å². The van der Waals surface area contributed by atoms with Crippen LogP contribution in [0, 0.1) is 6.92 Å². The second-order valence-electron chi connectivity index (χ2n) is 5.06. The summed E-state index contributed by atoms with van der Waals surface area (Å²) >= 11 is 0. The van der Waals surface area contributed by atoms with Crippen molar-refractivity contribution in [1.82, 2.24) is 10.3 Å². The Morgan fingerprint density at radius 2 is 2.35 bits per heavy atom. The van der Waals surface area contributed by atoms with Crippen molar-refractivity contribution in [1.29, 1.82) is 0 Å². The van der Waals surface area contributed by atoms with Crippen LogP contribution in [0.4, 0.5) is 10.5 Å². The first kappa shape index (κ1) is 14.6. The molecule has 0 aliphatic carbocycles. The van der Waals surface area contributed by atoms with Gasteiger partial charge in [-0.05, 0) is 38.7 Å². The van der Waals surface area contributed by atoms with Gasteiger partial charge in [0.15, 0.2) is 0 Å². The molecule has 0 aromatic carbocycles. The molecule has 6 heteroatoms. The largest absolute Gasteiger partial charge is 0.378 e. The van der Waals surface area contributed by atoms with Gasteiger partial charge in [0.25, 0.3) is 5.56 Å². The van der Waals surface area contributed by atoms with Crippen LogP contribution < -0.4 is 16.2 Å². The number of ether oxygens (including phenoxy) is 1. The van der Waals surface area contributed by atoms with Gasteiger partial charge < -0.3 is 20.4 Å². The van der Waals surface area contributed by atoms with E-state index in [0.717, 1.165) is 25.9 Å². The summed E-state index contributed by atoms with van der Waals surface area (Å²) in [6.07, 6.45) is 5.99. The van der Waals surface area contributed by atoms with Gasteiger partial charge >= 0.3 is 6.03 Å². The molecule has 0 radical (unpaired) electrons. The minimum Gasteiger partial charge on any atom is -0.378 e. The zero-order valence-electron chi connectivity index (χ0n) is 11.7. The number of aryl methyl sites for hydroxylation is 1. The Morgan fingerprint density at radius 3 is 3.05 bits per heavy atom. The molecule has 2 amide bonds. The summed E-state index contributed by atoms with van der Waals surface area (Å²) in [7, 11) is 0. The molecule has 1 saturated heterocycles. The molecule has 0 bridgehead atoms. The van der Waals surface area contributed by atoms with E-state index >= 15 is 0 Å². The SMILES string of the molecule is Cc1cc(NC(=O)NCCC2CCCCO2)c[nH]c1=O. The number of aromatic amines is 1. The Kier molecular flexibility index (Phi) is 5.17. The van der Waals surface area contributed by atoms with E-state index in [9.17, 15) is 9.59 Å². The van der Waals surface area contributed by atoms with Crippen LogP contribution in [-0.2, 0) is 4.74 Å². The van der Waals surface area contributed by atoms with Crippen molar-refractivity contribution < 1.29 is 9.53 Å². The number of carbonyl (C=O) groups excluding carboxylic acids is 1. The summed E-state index contributed by atoms with van der Waals surface area (Å²) in [5, 5.41) is 5.48. The van der Waals surface area contributed by atoms with Gasteiger partial charge in [-0.15, -0.1) is 0 Å². The molecule has 0 spiro atoms. The van der Waals surface area contributed by atoms with Gasteiger partial charge in [0.05, 0.1) is 11.8 Å². The number of hydrogen-bond acceptors (Lipinski definition) is 3. The van der Waals surface area contributed by atoms with Gasteiger partial charge in [0.2, 0.25) is 0 Å². The first-order valence-electron chi connectivity index (χ1n) is 7.01. The normalized spacial score (nSPS) is 18.6. The molecule has 1 unspecified atom stereocenters. The zero-order chi connectivity index (χ0) is 14.4. The quantitative estimate of drug-likeness (QED) is 0.785. The molecule has 110 valence electrons. The van der Waals surface area contributed by atoms with Crippen LogP contribution in [0.25, 0.3) is 0 Å². The lowest BCUT2D eigenvalue weighted by Gasteiger charge is -2.22. The third kappa shape index (κ3) is 4.38. The average molecular weight is 279 g/mol. The van der Waals surface area contributed by atoms with Crippen molar-refractivity contribution in [3.05, 3.63) is 28.2 Å². The molecule has 1 aromatic rings. The third-order valence-electron chi connectivity index (χ3n) is 3.37. The van der Waals surface area contributed by atoms with E-state index in [-0.39, 0.29) is 17.7 Å². The predicted octanol–water partition coefficient (Wildman–Crippen LogP) is 1.76. The summed E-state index contributed by atoms with van der Waals surface area (Å²) in [5.41, 5.74) is 0.998. The molecule has 1 atom stereocenters. The number of anilines is 1. The van der Waals surface area contributed by atoms with Crippen LogP contribution in [0.15, 0.2) is 17.1 Å². The van der Waals surface area contributed by atoms with Crippen LogP contribution in [0.5, 0.6) is 0 Å². The highest BCUT2D eigenvalue weighted by Crippen LogP contribution is 2.14. The molecule has 0 saturated carbocycles. The van der Waals surface area contributed by atoms with Gasteiger partial charge in [0.1, 0.15) is 0 Å². The molecule has 3 N–H and O–H groups in total. The number of urea groups is 1. The average Bonchev–Trinajstić information content (AvgIpc) is 2.44. The van der Waals surface area contributed by atoms with Crippen molar-refractivity contribution >= 4 is 11.7 Å². The second kappa shape index (κ2) is 7.09. The number of aromatic nitrogens is 1. The Labute approximate surface area is 117 Å². The van der Waals surface area contributed by atoms with E-state index < -0.39 is 0 Å². The Bertz CT molecular complexity index is 507. The first-order chi connectivity index (χ1) is 9.65. The second-order valence-corrected chi connectivity index (χ2v) is 5.06. The van der Waals surface area contributed by atoms with E-state index in [1.54, 1.807) is 13.0 Å². The lowest BCUT2D eigenvalue weighted by molar-refractivity contribution is 0.0120. The lowest BCUT2D eigenvalue weighted by Crippen LogP contribution is -2.32. The number of pyridine rings is 1. The van der Waals surface area contributed by atoms with Crippen LogP contribution in [-0.4, -0.2) is 30.3 Å². The Morgan fingerprint density at radius 1 is 1.50 bits per heavy atom. The van der Waals surface area contributed by atoms with E-state index in [4.69, 9.17) is 4.74 Å². The summed E-state index contributed by atoms with van der Waals surface area (Å²) in [6, 6.07) is 1.37. The molecule has 2 heterocycles. The monoisotopic (exact) mass is 279 g/mol. The van der Waals surface area contributed by atoms with Gasteiger partial charge in [-0.25, -0.2) is 4.79 Å².